The van der Waals surface area contributed by atoms with E-state index >= 15 is 0 Å². The summed E-state index contributed by atoms with van der Waals surface area (Å²) in [6.45, 7) is 0.972. The maximum Gasteiger partial charge on any atom is 0.249 e. The van der Waals surface area contributed by atoms with Gasteiger partial charge in [-0.25, -0.2) is 5.84 Å². The maximum atomic E-state index is 5.00. The third-order valence-corrected chi connectivity index (χ3v) is 0.393. The SMILES string of the molecule is N[N+]1=CC1. The molecule has 0 unspecified atom stereocenters. The second kappa shape index (κ2) is 0.267. The van der Waals surface area contributed by atoms with Crippen LogP contribution in [0.3, 0.4) is 0 Å². The van der Waals surface area contributed by atoms with Crippen molar-refractivity contribution in [2.75, 3.05) is 6.54 Å². The molecule has 0 atom stereocenters. The molecule has 0 saturated carbocycles. The van der Waals surface area contributed by atoms with Crippen LogP contribution < -0.4 is 5.84 Å². The topological polar surface area (TPSA) is 29.0 Å². The van der Waals surface area contributed by atoms with Crippen molar-refractivity contribution in [2.24, 2.45) is 5.84 Å². The van der Waals surface area contributed by atoms with Gasteiger partial charge in [-0.1, -0.05) is 0 Å². The molecule has 0 aromatic carbocycles. The first kappa shape index (κ1) is 1.76. The van der Waals surface area contributed by atoms with Crippen LogP contribution in [0.15, 0.2) is 0 Å². The molecule has 0 fully saturated rings. The van der Waals surface area contributed by atoms with E-state index in [4.69, 9.17) is 5.84 Å². The van der Waals surface area contributed by atoms with Gasteiger partial charge in [-0.05, 0) is 0 Å². The Hall–Kier alpha value is -0.530. The first-order chi connectivity index (χ1) is 1.89. The Morgan fingerprint density at radius 3 is 2.25 bits per heavy atom. The van der Waals surface area contributed by atoms with Gasteiger partial charge in [0.2, 0.25) is 12.8 Å². The number of hydrogen-bond acceptors (Lipinski definition) is 1. The monoisotopic (exact) mass is 57.0 g/mol. The van der Waals surface area contributed by atoms with E-state index in [2.05, 4.69) is 0 Å². The van der Waals surface area contributed by atoms with Crippen LogP contribution in [0.4, 0.5) is 0 Å². The van der Waals surface area contributed by atoms with Gasteiger partial charge in [0.15, 0.2) is 0 Å². The number of hydrazine groups is 1. The molecule has 0 aromatic heterocycles. The highest BCUT2D eigenvalue weighted by Crippen LogP contribution is 1.67. The maximum absolute atomic E-state index is 5.00. The molecule has 0 bridgehead atoms. The summed E-state index contributed by atoms with van der Waals surface area (Å²) >= 11 is 0. The van der Waals surface area contributed by atoms with Gasteiger partial charge in [0.05, 0.1) is 0 Å². The first-order valence-electron chi connectivity index (χ1n) is 1.24. The van der Waals surface area contributed by atoms with Gasteiger partial charge in [0.25, 0.3) is 0 Å². The second-order valence-electron chi connectivity index (χ2n) is 0.879. The molecular weight excluding hydrogens is 52.0 g/mol. The van der Waals surface area contributed by atoms with Gasteiger partial charge in [-0.3, -0.25) is 0 Å². The summed E-state index contributed by atoms with van der Waals surface area (Å²) in [4.78, 5) is 0. The highest BCUT2D eigenvalue weighted by atomic mass is 15.4. The highest BCUT2D eigenvalue weighted by molar-refractivity contribution is 5.60. The summed E-state index contributed by atoms with van der Waals surface area (Å²) in [5, 5.41) is 0. The van der Waals surface area contributed by atoms with Gasteiger partial charge in [-0.2, -0.15) is 0 Å². The van der Waals surface area contributed by atoms with Crippen LogP contribution in [0.5, 0.6) is 0 Å². The molecule has 0 amide bonds. The minimum Gasteiger partial charge on any atom is -0.210 e. The summed E-state index contributed by atoms with van der Waals surface area (Å²) in [7, 11) is 0. The van der Waals surface area contributed by atoms with Crippen LogP contribution >= 0.6 is 0 Å². The van der Waals surface area contributed by atoms with E-state index in [0.29, 0.717) is 0 Å². The van der Waals surface area contributed by atoms with Crippen molar-refractivity contribution in [1.29, 1.82) is 0 Å². The number of nitrogens with zero attached hydrogens (tertiary/aromatic N) is 1. The van der Waals surface area contributed by atoms with Gasteiger partial charge in [0.1, 0.15) is 0 Å². The van der Waals surface area contributed by atoms with Crippen LogP contribution in [0.1, 0.15) is 0 Å². The van der Waals surface area contributed by atoms with Gasteiger partial charge in [-0.15, -0.1) is 4.68 Å². The second-order valence-corrected chi connectivity index (χ2v) is 0.879. The molecule has 0 radical (unpaired) electrons. The molecule has 0 aliphatic carbocycles. The van der Waals surface area contributed by atoms with Crippen LogP contribution in [-0.4, -0.2) is 17.4 Å². The van der Waals surface area contributed by atoms with Crippen LogP contribution in [-0.2, 0) is 0 Å². The Morgan fingerprint density at radius 1 is 2.00 bits per heavy atom. The lowest BCUT2D eigenvalue weighted by Gasteiger charge is -1.49. The predicted octanol–water partition coefficient (Wildman–Crippen LogP) is -1.04. The zero-order valence-corrected chi connectivity index (χ0v) is 2.31. The van der Waals surface area contributed by atoms with E-state index in [1.807, 2.05) is 6.21 Å². The van der Waals surface area contributed by atoms with E-state index < -0.39 is 0 Å². The summed E-state index contributed by atoms with van der Waals surface area (Å²) in [5.41, 5.74) is 0. The number of hydrogen-bond donors (Lipinski definition) is 1. The molecular formula is C2H5N2+. The Labute approximate surface area is 24.5 Å². The van der Waals surface area contributed by atoms with Crippen molar-refractivity contribution in [1.82, 2.24) is 0 Å². The zero-order valence-electron chi connectivity index (χ0n) is 2.31. The van der Waals surface area contributed by atoms with Gasteiger partial charge >= 0.3 is 0 Å². The number of hydrazone groups is 1. The Balaban J connectivity index is 2.54. The highest BCUT2D eigenvalue weighted by Gasteiger charge is 2.08. The van der Waals surface area contributed by atoms with Gasteiger partial charge in [0, 0.05) is 0 Å². The van der Waals surface area contributed by atoms with Crippen molar-refractivity contribution in [3.8, 4) is 0 Å². The minimum absolute atomic E-state index is 0.972. The van der Waals surface area contributed by atoms with E-state index in [0.717, 1.165) is 6.54 Å². The fourth-order valence-corrected chi connectivity index (χ4v) is 0.0471. The fourth-order valence-electron chi connectivity index (χ4n) is 0.0471. The number of nitrogens with two attached hydrogens (primary N) is 1. The third-order valence-electron chi connectivity index (χ3n) is 0.393. The van der Waals surface area contributed by atoms with Crippen molar-refractivity contribution in [2.45, 2.75) is 0 Å². The molecule has 0 aromatic rings. The van der Waals surface area contributed by atoms with E-state index in [-0.39, 0.29) is 0 Å². The quantitative estimate of drug-likeness (QED) is 0.279. The van der Waals surface area contributed by atoms with Crippen LogP contribution in [0.25, 0.3) is 0 Å². The molecule has 2 heteroatoms. The first-order valence-corrected chi connectivity index (χ1v) is 1.24. The normalized spacial score (nSPS) is 19.5. The summed E-state index contributed by atoms with van der Waals surface area (Å²) < 4.78 is 1.62. The lowest BCUT2D eigenvalue weighted by molar-refractivity contribution is -0.450. The molecule has 1 aliphatic heterocycles. The van der Waals surface area contributed by atoms with Crippen LogP contribution in [0.2, 0.25) is 0 Å². The molecule has 2 N–H and O–H groups in total. The minimum atomic E-state index is 0.972. The van der Waals surface area contributed by atoms with E-state index in [1.54, 1.807) is 4.68 Å². The van der Waals surface area contributed by atoms with Gasteiger partial charge < -0.3 is 0 Å². The van der Waals surface area contributed by atoms with Crippen molar-refractivity contribution >= 4 is 6.21 Å². The smallest absolute Gasteiger partial charge is 0.210 e. The largest absolute Gasteiger partial charge is 0.249 e. The third kappa shape index (κ3) is 0.0532. The summed E-state index contributed by atoms with van der Waals surface area (Å²) in [5.74, 6) is 5.00. The van der Waals surface area contributed by atoms with Crippen molar-refractivity contribution in [3.63, 3.8) is 0 Å². The lowest BCUT2D eigenvalue weighted by atomic mass is 11.0. The molecule has 0 spiro atoms. The number of rotatable bonds is 0. The standard InChI is InChI=1S/C2H5N2/c3-4-1-2-4/h1H,2-3H2/q+1. The molecule has 2 nitrogen and oxygen atoms in total. The molecule has 22 valence electrons. The Bertz CT molecular complexity index is 55.1. The molecule has 1 rings (SSSR count). The van der Waals surface area contributed by atoms with Crippen molar-refractivity contribution in [3.05, 3.63) is 0 Å². The average molecular weight is 57.1 g/mol. The Morgan fingerprint density at radius 2 is 2.25 bits per heavy atom. The molecule has 1 aliphatic rings. The van der Waals surface area contributed by atoms with Crippen molar-refractivity contribution < 1.29 is 4.68 Å². The Kier molecular flexibility index (Phi) is 0.117. The van der Waals surface area contributed by atoms with E-state index in [1.165, 1.54) is 0 Å². The zero-order chi connectivity index (χ0) is 2.99. The van der Waals surface area contributed by atoms with E-state index in [9.17, 15) is 0 Å². The fraction of sp³-hybridized carbons (Fsp3) is 0.500. The molecule has 1 heterocycles. The lowest BCUT2D eigenvalue weighted by Crippen LogP contribution is -1.97. The summed E-state index contributed by atoms with van der Waals surface area (Å²) in [6, 6.07) is 0. The molecule has 4 heavy (non-hydrogen) atoms. The average Bonchev–Trinajstić information content (AvgIpc) is 1.75. The predicted molar refractivity (Wildman–Crippen MR) is 15.4 cm³/mol. The molecule has 0 saturated heterocycles. The summed E-state index contributed by atoms with van der Waals surface area (Å²) in [6.07, 6.45) is 1.90. The van der Waals surface area contributed by atoms with Crippen LogP contribution in [0, 0.1) is 0 Å².